The van der Waals surface area contributed by atoms with Gasteiger partial charge >= 0.3 is 6.09 Å². The average molecular weight is 397 g/mol. The van der Waals surface area contributed by atoms with Crippen molar-refractivity contribution in [3.05, 3.63) is 28.3 Å². The highest BCUT2D eigenvalue weighted by Crippen LogP contribution is 2.30. The van der Waals surface area contributed by atoms with Crippen molar-refractivity contribution in [3.63, 3.8) is 0 Å². The Balaban J connectivity index is 1.73. The van der Waals surface area contributed by atoms with Gasteiger partial charge in [0, 0.05) is 25.2 Å². The molecule has 3 rings (SSSR count). The third-order valence-electron chi connectivity index (χ3n) is 3.83. The summed E-state index contributed by atoms with van der Waals surface area (Å²) in [6, 6.07) is 4.41. The molecule has 0 radical (unpaired) electrons. The van der Waals surface area contributed by atoms with Gasteiger partial charge in [-0.3, -0.25) is 14.3 Å². The molecule has 26 heavy (non-hydrogen) atoms. The highest BCUT2D eigenvalue weighted by atomic mass is 32.2. The van der Waals surface area contributed by atoms with Crippen LogP contribution in [0.3, 0.4) is 0 Å². The molecule has 1 fully saturated rings. The van der Waals surface area contributed by atoms with Crippen molar-refractivity contribution in [1.29, 1.82) is 0 Å². The third kappa shape index (κ3) is 4.01. The van der Waals surface area contributed by atoms with E-state index in [0.717, 1.165) is 4.70 Å². The van der Waals surface area contributed by atoms with E-state index in [9.17, 15) is 19.1 Å². The Morgan fingerprint density at radius 3 is 2.85 bits per heavy atom. The fraction of sp³-hybridized carbons (Fsp3) is 0.500. The minimum absolute atomic E-state index is 0.0444. The highest BCUT2D eigenvalue weighted by Gasteiger charge is 2.34. The molecule has 1 aromatic carbocycles. The lowest BCUT2D eigenvalue weighted by molar-refractivity contribution is -0.384. The van der Waals surface area contributed by atoms with E-state index < -0.39 is 27.4 Å². The summed E-state index contributed by atoms with van der Waals surface area (Å²) in [6.07, 6.45) is 0.194. The molecule has 0 saturated carbocycles. The lowest BCUT2D eigenvalue weighted by Crippen LogP contribution is -2.36. The molecule has 1 saturated heterocycles. The van der Waals surface area contributed by atoms with Crippen LogP contribution in [-0.4, -0.2) is 49.0 Å². The zero-order valence-electron chi connectivity index (χ0n) is 14.6. The Hall–Kier alpha value is -2.07. The van der Waals surface area contributed by atoms with Gasteiger partial charge in [0.15, 0.2) is 4.34 Å². The molecule has 0 aliphatic carbocycles. The topological polar surface area (TPSA) is 103 Å². The molecule has 140 valence electrons. The second-order valence-electron chi connectivity index (χ2n) is 7.02. The third-order valence-corrected chi connectivity index (χ3v) is 6.83. The SMILES string of the molecule is CC(C)(C)OC(=O)N1CC[C@@H]([S@@](=O)c2nc3cc([N+](=O)[O-])ccc3s2)C1. The van der Waals surface area contributed by atoms with Crippen molar-refractivity contribution in [3.8, 4) is 0 Å². The standard InChI is InChI=1S/C16H19N3O5S2/c1-16(2,3)24-15(20)18-7-6-11(9-18)26(23)14-17-12-8-10(19(21)22)4-5-13(12)25-14/h4-5,8,11H,6-7,9H2,1-3H3/t11-,26-/m1/s1. The Bertz CT molecular complexity index is 890. The Labute approximate surface area is 156 Å². The Kier molecular flexibility index (Phi) is 4.98. The average Bonchev–Trinajstić information content (AvgIpc) is 3.18. The van der Waals surface area contributed by atoms with Crippen molar-refractivity contribution in [2.45, 2.75) is 42.4 Å². The van der Waals surface area contributed by atoms with Crippen molar-refractivity contribution in [2.24, 2.45) is 0 Å². The molecule has 1 aliphatic rings. The van der Waals surface area contributed by atoms with E-state index in [0.29, 0.717) is 29.4 Å². The van der Waals surface area contributed by atoms with Crippen LogP contribution in [0.1, 0.15) is 27.2 Å². The molecule has 1 aliphatic heterocycles. The van der Waals surface area contributed by atoms with Crippen molar-refractivity contribution < 1.29 is 18.7 Å². The van der Waals surface area contributed by atoms with Gasteiger partial charge in [0.1, 0.15) is 5.60 Å². The van der Waals surface area contributed by atoms with E-state index in [2.05, 4.69) is 4.98 Å². The molecule has 8 nitrogen and oxygen atoms in total. The molecule has 2 aromatic rings. The highest BCUT2D eigenvalue weighted by molar-refractivity contribution is 7.88. The fourth-order valence-electron chi connectivity index (χ4n) is 2.63. The second kappa shape index (κ2) is 6.92. The van der Waals surface area contributed by atoms with Gasteiger partial charge < -0.3 is 9.64 Å². The molecule has 0 bridgehead atoms. The van der Waals surface area contributed by atoms with Crippen LogP contribution in [0, 0.1) is 10.1 Å². The first-order valence-corrected chi connectivity index (χ1v) is 10.1. The van der Waals surface area contributed by atoms with E-state index in [1.165, 1.54) is 23.5 Å². The van der Waals surface area contributed by atoms with E-state index >= 15 is 0 Å². The van der Waals surface area contributed by atoms with Gasteiger partial charge in [-0.25, -0.2) is 9.78 Å². The lowest BCUT2D eigenvalue weighted by Gasteiger charge is -2.24. The molecule has 1 amide bonds. The number of nitro groups is 1. The van der Waals surface area contributed by atoms with Gasteiger partial charge in [0.25, 0.3) is 5.69 Å². The maximum absolute atomic E-state index is 12.8. The number of benzene rings is 1. The number of hydrogen-bond acceptors (Lipinski definition) is 7. The predicted octanol–water partition coefficient (Wildman–Crippen LogP) is 3.32. The summed E-state index contributed by atoms with van der Waals surface area (Å²) in [5.74, 6) is 0. The van der Waals surface area contributed by atoms with Gasteiger partial charge in [-0.2, -0.15) is 0 Å². The molecule has 0 N–H and O–H groups in total. The number of thiazole rings is 1. The number of rotatable bonds is 3. The fourth-order valence-corrected chi connectivity index (χ4v) is 5.42. The van der Waals surface area contributed by atoms with Crippen LogP contribution in [0.5, 0.6) is 0 Å². The number of fused-ring (bicyclic) bond motifs is 1. The Morgan fingerprint density at radius 1 is 1.46 bits per heavy atom. The summed E-state index contributed by atoms with van der Waals surface area (Å²) < 4.78 is 19.4. The number of non-ortho nitro benzene ring substituents is 1. The number of hydrogen-bond donors (Lipinski definition) is 0. The molecule has 0 spiro atoms. The number of amides is 1. The minimum Gasteiger partial charge on any atom is -0.444 e. The summed E-state index contributed by atoms with van der Waals surface area (Å²) in [5.41, 5.74) is -0.151. The zero-order chi connectivity index (χ0) is 19.1. The van der Waals surface area contributed by atoms with Gasteiger partial charge in [-0.05, 0) is 33.3 Å². The Morgan fingerprint density at radius 2 is 2.19 bits per heavy atom. The normalized spacial score (nSPS) is 18.9. The van der Waals surface area contributed by atoms with Crippen molar-refractivity contribution >= 4 is 44.1 Å². The summed E-state index contributed by atoms with van der Waals surface area (Å²) in [4.78, 5) is 28.4. The maximum atomic E-state index is 12.8. The molecular weight excluding hydrogens is 378 g/mol. The molecule has 1 aromatic heterocycles. The number of nitro benzene ring substituents is 1. The van der Waals surface area contributed by atoms with Crippen LogP contribution in [0.25, 0.3) is 10.2 Å². The van der Waals surface area contributed by atoms with Crippen LogP contribution in [-0.2, 0) is 15.5 Å². The first-order valence-electron chi connectivity index (χ1n) is 8.07. The van der Waals surface area contributed by atoms with Gasteiger partial charge in [-0.1, -0.05) is 0 Å². The number of likely N-dealkylation sites (tertiary alicyclic amines) is 1. The predicted molar refractivity (Wildman–Crippen MR) is 98.9 cm³/mol. The first-order chi connectivity index (χ1) is 12.1. The van der Waals surface area contributed by atoms with Gasteiger partial charge in [0.05, 0.1) is 31.2 Å². The number of carbonyl (C=O) groups excluding carboxylic acids is 1. The number of nitrogens with zero attached hydrogens (tertiary/aromatic N) is 3. The van der Waals surface area contributed by atoms with Crippen molar-refractivity contribution in [2.75, 3.05) is 13.1 Å². The molecule has 0 unspecified atom stereocenters. The van der Waals surface area contributed by atoms with E-state index in [4.69, 9.17) is 4.74 Å². The summed E-state index contributed by atoms with van der Waals surface area (Å²) in [6.45, 7) is 6.24. The van der Waals surface area contributed by atoms with E-state index in [1.807, 2.05) is 0 Å². The van der Waals surface area contributed by atoms with Crippen LogP contribution < -0.4 is 0 Å². The summed E-state index contributed by atoms with van der Waals surface area (Å²) in [5, 5.41) is 10.6. The second-order valence-corrected chi connectivity index (χ2v) is 9.96. The van der Waals surface area contributed by atoms with E-state index in [-0.39, 0.29) is 10.9 Å². The smallest absolute Gasteiger partial charge is 0.410 e. The quantitative estimate of drug-likeness (QED) is 0.581. The largest absolute Gasteiger partial charge is 0.444 e. The summed E-state index contributed by atoms with van der Waals surface area (Å²) >= 11 is 1.26. The van der Waals surface area contributed by atoms with Crippen molar-refractivity contribution in [1.82, 2.24) is 9.88 Å². The minimum atomic E-state index is -1.38. The molecule has 2 atom stereocenters. The monoisotopic (exact) mass is 397 g/mol. The number of ether oxygens (including phenoxy) is 1. The van der Waals surface area contributed by atoms with Crippen LogP contribution >= 0.6 is 11.3 Å². The zero-order valence-corrected chi connectivity index (χ0v) is 16.3. The molecular formula is C16H19N3O5S2. The molecule has 10 heteroatoms. The summed E-state index contributed by atoms with van der Waals surface area (Å²) in [7, 11) is -1.38. The van der Waals surface area contributed by atoms with Crippen LogP contribution in [0.2, 0.25) is 0 Å². The molecule has 2 heterocycles. The van der Waals surface area contributed by atoms with Gasteiger partial charge in [0.2, 0.25) is 0 Å². The van der Waals surface area contributed by atoms with E-state index in [1.54, 1.807) is 31.7 Å². The lowest BCUT2D eigenvalue weighted by atomic mass is 10.2. The van der Waals surface area contributed by atoms with Crippen LogP contribution in [0.4, 0.5) is 10.5 Å². The maximum Gasteiger partial charge on any atom is 0.410 e. The van der Waals surface area contributed by atoms with Crippen LogP contribution in [0.15, 0.2) is 22.5 Å². The van der Waals surface area contributed by atoms with Gasteiger partial charge in [-0.15, -0.1) is 11.3 Å². The number of aromatic nitrogens is 1. The number of carbonyl (C=O) groups is 1. The first kappa shape index (κ1) is 18.7.